The van der Waals surface area contributed by atoms with Gasteiger partial charge in [0, 0.05) is 21.8 Å². The summed E-state index contributed by atoms with van der Waals surface area (Å²) in [5.41, 5.74) is 2.44. The molecule has 0 unspecified atom stereocenters. The zero-order valence-corrected chi connectivity index (χ0v) is 17.2. The Hall–Kier alpha value is -2.95. The van der Waals surface area contributed by atoms with Gasteiger partial charge in [0.1, 0.15) is 6.61 Å². The summed E-state index contributed by atoms with van der Waals surface area (Å²) in [5.74, 6) is 0.939. The SMILES string of the molecule is COc1cc(/C=C/C(=O)Nc2cccc(Cl)c2)ccc1OCc1ccc(Cl)cc1. The molecule has 0 heterocycles. The maximum Gasteiger partial charge on any atom is 0.248 e. The highest BCUT2D eigenvalue weighted by atomic mass is 35.5. The molecule has 0 fully saturated rings. The third-order valence-electron chi connectivity index (χ3n) is 4.01. The van der Waals surface area contributed by atoms with Crippen LogP contribution in [0.2, 0.25) is 10.0 Å². The maximum atomic E-state index is 12.1. The van der Waals surface area contributed by atoms with Crippen LogP contribution in [-0.2, 0) is 11.4 Å². The van der Waals surface area contributed by atoms with Gasteiger partial charge >= 0.3 is 0 Å². The van der Waals surface area contributed by atoms with Crippen molar-refractivity contribution in [3.63, 3.8) is 0 Å². The van der Waals surface area contributed by atoms with E-state index in [-0.39, 0.29) is 5.91 Å². The smallest absolute Gasteiger partial charge is 0.248 e. The maximum absolute atomic E-state index is 12.1. The zero-order valence-electron chi connectivity index (χ0n) is 15.7. The number of methoxy groups -OCH3 is 1. The van der Waals surface area contributed by atoms with Gasteiger partial charge in [-0.3, -0.25) is 4.79 Å². The van der Waals surface area contributed by atoms with E-state index in [0.717, 1.165) is 11.1 Å². The van der Waals surface area contributed by atoms with E-state index >= 15 is 0 Å². The first kappa shape index (κ1) is 20.8. The highest BCUT2D eigenvalue weighted by Gasteiger charge is 2.06. The van der Waals surface area contributed by atoms with Crippen LogP contribution in [0.3, 0.4) is 0 Å². The van der Waals surface area contributed by atoms with E-state index < -0.39 is 0 Å². The molecule has 4 nitrogen and oxygen atoms in total. The first-order valence-electron chi connectivity index (χ1n) is 8.83. The standard InChI is InChI=1S/C23H19Cl2NO3/c1-28-22-13-16(8-12-23(27)26-20-4-2-3-19(25)14-20)7-11-21(22)29-15-17-5-9-18(24)10-6-17/h2-14H,15H2,1H3,(H,26,27)/b12-8+. The van der Waals surface area contributed by atoms with Gasteiger partial charge in [0.15, 0.2) is 11.5 Å². The van der Waals surface area contributed by atoms with Crippen molar-refractivity contribution in [1.82, 2.24) is 0 Å². The van der Waals surface area contributed by atoms with Crippen molar-refractivity contribution in [2.45, 2.75) is 6.61 Å². The van der Waals surface area contributed by atoms with Gasteiger partial charge in [-0.2, -0.15) is 0 Å². The fourth-order valence-electron chi connectivity index (χ4n) is 2.57. The van der Waals surface area contributed by atoms with Crippen molar-refractivity contribution in [2.24, 2.45) is 0 Å². The van der Waals surface area contributed by atoms with Crippen LogP contribution in [-0.4, -0.2) is 13.0 Å². The van der Waals surface area contributed by atoms with Gasteiger partial charge in [-0.05, 0) is 59.7 Å². The predicted molar refractivity (Wildman–Crippen MR) is 118 cm³/mol. The number of rotatable bonds is 7. The van der Waals surface area contributed by atoms with Gasteiger partial charge in [0.2, 0.25) is 5.91 Å². The second-order valence-electron chi connectivity index (χ2n) is 6.16. The van der Waals surface area contributed by atoms with E-state index in [0.29, 0.717) is 33.8 Å². The number of benzene rings is 3. The third-order valence-corrected chi connectivity index (χ3v) is 4.50. The average Bonchev–Trinajstić information content (AvgIpc) is 2.72. The Kier molecular flexibility index (Phi) is 7.17. The second kappa shape index (κ2) is 10.0. The van der Waals surface area contributed by atoms with Gasteiger partial charge < -0.3 is 14.8 Å². The Balaban J connectivity index is 1.63. The van der Waals surface area contributed by atoms with Crippen LogP contribution >= 0.6 is 23.2 Å². The Labute approximate surface area is 179 Å². The number of carbonyl (C=O) groups is 1. The van der Waals surface area contributed by atoms with E-state index in [1.165, 1.54) is 6.08 Å². The minimum absolute atomic E-state index is 0.255. The summed E-state index contributed by atoms with van der Waals surface area (Å²) >= 11 is 11.8. The number of carbonyl (C=O) groups excluding carboxylic acids is 1. The minimum atomic E-state index is -0.255. The van der Waals surface area contributed by atoms with Crippen molar-refractivity contribution < 1.29 is 14.3 Å². The number of nitrogens with one attached hydrogen (secondary N) is 1. The molecule has 6 heteroatoms. The summed E-state index contributed by atoms with van der Waals surface area (Å²) in [4.78, 5) is 12.1. The molecule has 1 N–H and O–H groups in total. The van der Waals surface area contributed by atoms with Crippen LogP contribution in [0.25, 0.3) is 6.08 Å². The number of hydrogen-bond acceptors (Lipinski definition) is 3. The number of ether oxygens (including phenoxy) is 2. The average molecular weight is 428 g/mol. The molecule has 0 saturated heterocycles. The van der Waals surface area contributed by atoms with E-state index in [9.17, 15) is 4.79 Å². The van der Waals surface area contributed by atoms with Crippen molar-refractivity contribution >= 4 is 40.9 Å². The molecule has 0 saturated carbocycles. The molecular weight excluding hydrogens is 409 g/mol. The highest BCUT2D eigenvalue weighted by molar-refractivity contribution is 6.31. The molecule has 3 aromatic carbocycles. The molecule has 29 heavy (non-hydrogen) atoms. The van der Waals surface area contributed by atoms with Crippen LogP contribution < -0.4 is 14.8 Å². The Morgan fingerprint density at radius 3 is 2.48 bits per heavy atom. The van der Waals surface area contributed by atoms with Gasteiger partial charge in [0.25, 0.3) is 0 Å². The Morgan fingerprint density at radius 1 is 0.966 bits per heavy atom. The monoisotopic (exact) mass is 427 g/mol. The molecule has 0 aromatic heterocycles. The summed E-state index contributed by atoms with van der Waals surface area (Å²) in [5, 5.41) is 4.00. The van der Waals surface area contributed by atoms with Gasteiger partial charge in [-0.1, -0.05) is 47.5 Å². The van der Waals surface area contributed by atoms with Crippen molar-refractivity contribution in [3.8, 4) is 11.5 Å². The first-order valence-corrected chi connectivity index (χ1v) is 9.59. The molecule has 3 rings (SSSR count). The molecule has 0 aliphatic heterocycles. The molecule has 0 aliphatic rings. The molecule has 0 aliphatic carbocycles. The highest BCUT2D eigenvalue weighted by Crippen LogP contribution is 2.29. The molecule has 3 aromatic rings. The lowest BCUT2D eigenvalue weighted by atomic mass is 10.2. The second-order valence-corrected chi connectivity index (χ2v) is 7.03. The van der Waals surface area contributed by atoms with Gasteiger partial charge in [0.05, 0.1) is 7.11 Å². The van der Waals surface area contributed by atoms with Crippen LogP contribution in [0, 0.1) is 0 Å². The predicted octanol–water partition coefficient (Wildman–Crippen LogP) is 6.23. The summed E-state index contributed by atoms with van der Waals surface area (Å²) in [6.45, 7) is 0.394. The lowest BCUT2D eigenvalue weighted by Crippen LogP contribution is -2.07. The first-order chi connectivity index (χ1) is 14.0. The van der Waals surface area contributed by atoms with Crippen LogP contribution in [0.4, 0.5) is 5.69 Å². The van der Waals surface area contributed by atoms with Crippen molar-refractivity contribution in [3.05, 3.63) is 94.0 Å². The van der Waals surface area contributed by atoms with Gasteiger partial charge in [-0.25, -0.2) is 0 Å². The molecule has 0 atom stereocenters. The lowest BCUT2D eigenvalue weighted by Gasteiger charge is -2.11. The summed E-state index contributed by atoms with van der Waals surface area (Å²) < 4.78 is 11.3. The fraction of sp³-hybridized carbons (Fsp3) is 0.0870. The van der Waals surface area contributed by atoms with Crippen molar-refractivity contribution in [2.75, 3.05) is 12.4 Å². The van der Waals surface area contributed by atoms with Gasteiger partial charge in [-0.15, -0.1) is 0 Å². The van der Waals surface area contributed by atoms with Crippen LogP contribution in [0.15, 0.2) is 72.8 Å². The third kappa shape index (κ3) is 6.28. The fourth-order valence-corrected chi connectivity index (χ4v) is 2.89. The largest absolute Gasteiger partial charge is 0.493 e. The molecule has 1 amide bonds. The lowest BCUT2D eigenvalue weighted by molar-refractivity contribution is -0.111. The number of hydrogen-bond donors (Lipinski definition) is 1. The quantitative estimate of drug-likeness (QED) is 0.454. The number of anilines is 1. The van der Waals surface area contributed by atoms with Crippen LogP contribution in [0.1, 0.15) is 11.1 Å². The van der Waals surface area contributed by atoms with E-state index in [1.54, 1.807) is 43.5 Å². The van der Waals surface area contributed by atoms with E-state index in [1.807, 2.05) is 36.4 Å². The van der Waals surface area contributed by atoms with E-state index in [4.69, 9.17) is 32.7 Å². The van der Waals surface area contributed by atoms with Crippen molar-refractivity contribution in [1.29, 1.82) is 0 Å². The summed E-state index contributed by atoms with van der Waals surface area (Å²) in [7, 11) is 1.57. The number of amides is 1. The number of halogens is 2. The molecule has 0 spiro atoms. The van der Waals surface area contributed by atoms with E-state index in [2.05, 4.69) is 5.32 Å². The molecule has 0 bridgehead atoms. The normalized spacial score (nSPS) is 10.7. The molecular formula is C23H19Cl2NO3. The Morgan fingerprint density at radius 2 is 1.76 bits per heavy atom. The summed E-state index contributed by atoms with van der Waals surface area (Å²) in [6, 6.07) is 19.9. The molecule has 0 radical (unpaired) electrons. The summed E-state index contributed by atoms with van der Waals surface area (Å²) in [6.07, 6.45) is 3.15. The minimum Gasteiger partial charge on any atom is -0.493 e. The molecule has 148 valence electrons. The topological polar surface area (TPSA) is 47.6 Å². The Bertz CT molecular complexity index is 1020. The van der Waals surface area contributed by atoms with Crippen LogP contribution in [0.5, 0.6) is 11.5 Å². The zero-order chi connectivity index (χ0) is 20.6.